The molecule has 4 aromatic rings. The highest BCUT2D eigenvalue weighted by Gasteiger charge is 2.18. The molecule has 0 aliphatic rings. The lowest BCUT2D eigenvalue weighted by Crippen LogP contribution is -2.12. The molecular formula is C22H20N2O3. The van der Waals surface area contributed by atoms with Crippen LogP contribution in [0.4, 0.5) is 0 Å². The lowest BCUT2D eigenvalue weighted by molar-refractivity contribution is -0.142. The van der Waals surface area contributed by atoms with Crippen molar-refractivity contribution in [3.8, 4) is 11.4 Å². The summed E-state index contributed by atoms with van der Waals surface area (Å²) in [6.07, 6.45) is 0.161. The van der Waals surface area contributed by atoms with Gasteiger partial charge in [-0.2, -0.15) is 5.10 Å². The second-order valence-electron chi connectivity index (χ2n) is 6.22. The SMILES string of the molecule is CCOC(=O)Cc1c2ccc3ccccc3c2nn1-c1ccc(OC)cc1. The molecule has 0 fully saturated rings. The molecule has 5 heteroatoms. The first kappa shape index (κ1) is 17.1. The minimum atomic E-state index is -0.262. The van der Waals surface area contributed by atoms with Crippen molar-refractivity contribution in [2.45, 2.75) is 13.3 Å². The van der Waals surface area contributed by atoms with Crippen molar-refractivity contribution < 1.29 is 14.3 Å². The largest absolute Gasteiger partial charge is 0.497 e. The van der Waals surface area contributed by atoms with Gasteiger partial charge in [-0.3, -0.25) is 4.79 Å². The molecule has 0 spiro atoms. The van der Waals surface area contributed by atoms with Crippen molar-refractivity contribution in [2.24, 2.45) is 0 Å². The van der Waals surface area contributed by atoms with Gasteiger partial charge in [0, 0.05) is 10.8 Å². The molecule has 0 N–H and O–H groups in total. The molecule has 0 unspecified atom stereocenters. The van der Waals surface area contributed by atoms with E-state index in [9.17, 15) is 4.79 Å². The van der Waals surface area contributed by atoms with E-state index in [1.165, 1.54) is 0 Å². The van der Waals surface area contributed by atoms with E-state index in [1.54, 1.807) is 7.11 Å². The third kappa shape index (κ3) is 3.12. The van der Waals surface area contributed by atoms with Crippen LogP contribution in [0.1, 0.15) is 12.6 Å². The zero-order chi connectivity index (χ0) is 18.8. The van der Waals surface area contributed by atoms with Crippen LogP contribution >= 0.6 is 0 Å². The molecule has 0 saturated carbocycles. The van der Waals surface area contributed by atoms with Gasteiger partial charge in [-0.25, -0.2) is 4.68 Å². The number of ether oxygens (including phenoxy) is 2. The van der Waals surface area contributed by atoms with Gasteiger partial charge in [-0.15, -0.1) is 0 Å². The molecule has 0 atom stereocenters. The van der Waals surface area contributed by atoms with Crippen LogP contribution in [-0.4, -0.2) is 29.5 Å². The molecule has 0 aliphatic carbocycles. The first-order valence-electron chi connectivity index (χ1n) is 8.90. The summed E-state index contributed by atoms with van der Waals surface area (Å²) >= 11 is 0. The van der Waals surface area contributed by atoms with Crippen LogP contribution in [0.5, 0.6) is 5.75 Å². The zero-order valence-electron chi connectivity index (χ0n) is 15.3. The standard InChI is InChI=1S/C22H20N2O3/c1-3-27-21(25)14-20-19-13-8-15-6-4-5-7-18(15)22(19)23-24(20)16-9-11-17(26-2)12-10-16/h4-13H,3,14H2,1-2H3. The van der Waals surface area contributed by atoms with Crippen LogP contribution in [0.25, 0.3) is 27.4 Å². The molecule has 3 aromatic carbocycles. The molecule has 5 nitrogen and oxygen atoms in total. The molecule has 0 aliphatic heterocycles. The van der Waals surface area contributed by atoms with Gasteiger partial charge < -0.3 is 9.47 Å². The van der Waals surface area contributed by atoms with E-state index in [0.29, 0.717) is 6.61 Å². The van der Waals surface area contributed by atoms with Crippen molar-refractivity contribution in [3.05, 3.63) is 66.4 Å². The highest BCUT2D eigenvalue weighted by Crippen LogP contribution is 2.29. The number of hydrogen-bond donors (Lipinski definition) is 0. The molecule has 136 valence electrons. The Balaban J connectivity index is 1.94. The number of nitrogens with zero attached hydrogens (tertiary/aromatic N) is 2. The normalized spacial score (nSPS) is 11.0. The first-order valence-corrected chi connectivity index (χ1v) is 8.90. The van der Waals surface area contributed by atoms with E-state index in [0.717, 1.165) is 38.8 Å². The van der Waals surface area contributed by atoms with Crippen molar-refractivity contribution in [1.82, 2.24) is 9.78 Å². The van der Waals surface area contributed by atoms with Crippen LogP contribution in [0, 0.1) is 0 Å². The molecular weight excluding hydrogens is 340 g/mol. The van der Waals surface area contributed by atoms with Gasteiger partial charge >= 0.3 is 5.97 Å². The Kier molecular flexibility index (Phi) is 4.50. The predicted molar refractivity (Wildman–Crippen MR) is 105 cm³/mol. The fraction of sp³-hybridized carbons (Fsp3) is 0.182. The maximum atomic E-state index is 12.2. The fourth-order valence-electron chi connectivity index (χ4n) is 3.33. The van der Waals surface area contributed by atoms with Crippen LogP contribution in [0.2, 0.25) is 0 Å². The average molecular weight is 360 g/mol. The van der Waals surface area contributed by atoms with E-state index in [-0.39, 0.29) is 12.4 Å². The summed E-state index contributed by atoms with van der Waals surface area (Å²) in [5.74, 6) is 0.509. The van der Waals surface area contributed by atoms with Crippen LogP contribution in [0.3, 0.4) is 0 Å². The van der Waals surface area contributed by atoms with Gasteiger partial charge in [-0.05, 0) is 36.6 Å². The Bertz CT molecular complexity index is 1110. The van der Waals surface area contributed by atoms with Crippen molar-refractivity contribution in [2.75, 3.05) is 13.7 Å². The fourth-order valence-corrected chi connectivity index (χ4v) is 3.33. The van der Waals surface area contributed by atoms with Gasteiger partial charge in [0.25, 0.3) is 0 Å². The lowest BCUT2D eigenvalue weighted by atomic mass is 10.1. The number of fused-ring (bicyclic) bond motifs is 3. The highest BCUT2D eigenvalue weighted by atomic mass is 16.5. The summed E-state index contributed by atoms with van der Waals surface area (Å²) in [5.41, 5.74) is 2.57. The summed E-state index contributed by atoms with van der Waals surface area (Å²) in [6.45, 7) is 2.17. The van der Waals surface area contributed by atoms with E-state index in [4.69, 9.17) is 14.6 Å². The Morgan fingerprint density at radius 2 is 1.78 bits per heavy atom. The monoisotopic (exact) mass is 360 g/mol. The maximum Gasteiger partial charge on any atom is 0.311 e. The van der Waals surface area contributed by atoms with E-state index in [2.05, 4.69) is 18.2 Å². The van der Waals surface area contributed by atoms with Gasteiger partial charge in [0.05, 0.1) is 31.5 Å². The third-order valence-corrected chi connectivity index (χ3v) is 4.60. The summed E-state index contributed by atoms with van der Waals surface area (Å²) in [6, 6.07) is 19.8. The number of carbonyl (C=O) groups is 1. The molecule has 0 bridgehead atoms. The quantitative estimate of drug-likeness (QED) is 0.498. The van der Waals surface area contributed by atoms with Gasteiger partial charge in [-0.1, -0.05) is 36.4 Å². The van der Waals surface area contributed by atoms with Gasteiger partial charge in [0.15, 0.2) is 0 Å². The Hall–Kier alpha value is -3.34. The molecule has 4 rings (SSSR count). The molecule has 0 saturated heterocycles. The van der Waals surface area contributed by atoms with Crippen molar-refractivity contribution >= 4 is 27.6 Å². The van der Waals surface area contributed by atoms with Gasteiger partial charge in [0.1, 0.15) is 11.3 Å². The topological polar surface area (TPSA) is 53.3 Å². The van der Waals surface area contributed by atoms with Gasteiger partial charge in [0.2, 0.25) is 0 Å². The first-order chi connectivity index (χ1) is 13.2. The number of benzene rings is 3. The second kappa shape index (κ2) is 7.11. The Morgan fingerprint density at radius 3 is 2.52 bits per heavy atom. The molecule has 0 amide bonds. The minimum absolute atomic E-state index is 0.161. The second-order valence-corrected chi connectivity index (χ2v) is 6.22. The van der Waals surface area contributed by atoms with Crippen LogP contribution in [-0.2, 0) is 16.0 Å². The summed E-state index contributed by atoms with van der Waals surface area (Å²) in [4.78, 5) is 12.2. The number of esters is 1. The smallest absolute Gasteiger partial charge is 0.311 e. The number of aromatic nitrogens is 2. The minimum Gasteiger partial charge on any atom is -0.497 e. The summed E-state index contributed by atoms with van der Waals surface area (Å²) in [5, 5.41) is 7.98. The van der Waals surface area contributed by atoms with E-state index < -0.39 is 0 Å². The number of methoxy groups -OCH3 is 1. The molecule has 1 heterocycles. The molecule has 0 radical (unpaired) electrons. The zero-order valence-corrected chi connectivity index (χ0v) is 15.3. The van der Waals surface area contributed by atoms with Crippen LogP contribution < -0.4 is 4.74 Å². The van der Waals surface area contributed by atoms with E-state index >= 15 is 0 Å². The van der Waals surface area contributed by atoms with Crippen molar-refractivity contribution in [1.29, 1.82) is 0 Å². The Morgan fingerprint density at radius 1 is 1.00 bits per heavy atom. The van der Waals surface area contributed by atoms with Crippen LogP contribution in [0.15, 0.2) is 60.7 Å². The third-order valence-electron chi connectivity index (χ3n) is 4.60. The highest BCUT2D eigenvalue weighted by molar-refractivity contribution is 6.06. The average Bonchev–Trinajstić information content (AvgIpc) is 3.07. The summed E-state index contributed by atoms with van der Waals surface area (Å²) in [7, 11) is 1.63. The number of hydrogen-bond acceptors (Lipinski definition) is 4. The molecule has 27 heavy (non-hydrogen) atoms. The number of carbonyl (C=O) groups excluding carboxylic acids is 1. The maximum absolute atomic E-state index is 12.2. The predicted octanol–water partition coefficient (Wildman–Crippen LogP) is 4.29. The Labute approximate surface area is 157 Å². The lowest BCUT2D eigenvalue weighted by Gasteiger charge is -2.08. The summed E-state index contributed by atoms with van der Waals surface area (Å²) < 4.78 is 12.3. The number of rotatable bonds is 5. The van der Waals surface area contributed by atoms with E-state index in [1.807, 2.05) is 54.1 Å². The van der Waals surface area contributed by atoms with Crippen molar-refractivity contribution in [3.63, 3.8) is 0 Å². The molecule has 1 aromatic heterocycles.